The summed E-state index contributed by atoms with van der Waals surface area (Å²) in [5.41, 5.74) is -0.402. The van der Waals surface area contributed by atoms with Gasteiger partial charge in [0.15, 0.2) is 0 Å². The fourth-order valence-electron chi connectivity index (χ4n) is 1.55. The van der Waals surface area contributed by atoms with E-state index in [1.165, 1.54) is 0 Å². The molecule has 1 N–H and O–H groups in total. The molecule has 0 aromatic heterocycles. The highest BCUT2D eigenvalue weighted by Crippen LogP contribution is 2.27. The zero-order valence-electron chi connectivity index (χ0n) is 8.26. The van der Waals surface area contributed by atoms with Gasteiger partial charge in [0.05, 0.1) is 6.61 Å². The fraction of sp³-hybridized carbons (Fsp3) is 0.889. The van der Waals surface area contributed by atoms with Crippen LogP contribution in [0.5, 0.6) is 0 Å². The van der Waals surface area contributed by atoms with E-state index in [0.29, 0.717) is 6.61 Å². The molecular formula is C9H17NO2S. The number of rotatable bonds is 3. The van der Waals surface area contributed by atoms with Gasteiger partial charge in [0.2, 0.25) is 0 Å². The summed E-state index contributed by atoms with van der Waals surface area (Å²) in [4.78, 5) is 11.7. The maximum atomic E-state index is 11.7. The van der Waals surface area contributed by atoms with Gasteiger partial charge in [0, 0.05) is 0 Å². The summed E-state index contributed by atoms with van der Waals surface area (Å²) in [6, 6.07) is 0. The van der Waals surface area contributed by atoms with Crippen LogP contribution in [0.25, 0.3) is 0 Å². The zero-order valence-corrected chi connectivity index (χ0v) is 9.08. The van der Waals surface area contributed by atoms with Gasteiger partial charge in [-0.3, -0.25) is 4.79 Å². The Morgan fingerprint density at radius 1 is 1.54 bits per heavy atom. The predicted molar refractivity (Wildman–Crippen MR) is 55.0 cm³/mol. The van der Waals surface area contributed by atoms with Crippen LogP contribution in [-0.2, 0) is 9.53 Å². The van der Waals surface area contributed by atoms with Crippen LogP contribution in [0.4, 0.5) is 0 Å². The average Bonchev–Trinajstić information content (AvgIpc) is 2.19. The van der Waals surface area contributed by atoms with E-state index in [2.05, 4.69) is 5.32 Å². The molecule has 0 aromatic rings. The second-order valence-corrected chi connectivity index (χ2v) is 4.39. The highest BCUT2D eigenvalue weighted by molar-refractivity contribution is 7.99. The van der Waals surface area contributed by atoms with Gasteiger partial charge in [-0.2, -0.15) is 11.8 Å². The normalized spacial score (nSPS) is 21.1. The first kappa shape index (κ1) is 10.9. The van der Waals surface area contributed by atoms with Crippen molar-refractivity contribution in [3.8, 4) is 0 Å². The highest BCUT2D eigenvalue weighted by Gasteiger charge is 2.39. The number of likely N-dealkylation sites (N-methyl/N-ethyl adjacent to an activating group) is 1. The molecule has 0 spiro atoms. The number of ether oxygens (including phenoxy) is 1. The van der Waals surface area contributed by atoms with Crippen molar-refractivity contribution in [3.05, 3.63) is 0 Å². The van der Waals surface area contributed by atoms with Gasteiger partial charge in [-0.1, -0.05) is 0 Å². The molecule has 3 nitrogen and oxygen atoms in total. The molecule has 1 saturated heterocycles. The summed E-state index contributed by atoms with van der Waals surface area (Å²) >= 11 is 1.90. The lowest BCUT2D eigenvalue weighted by Crippen LogP contribution is -2.53. The van der Waals surface area contributed by atoms with Crippen LogP contribution in [0.3, 0.4) is 0 Å². The summed E-state index contributed by atoms with van der Waals surface area (Å²) in [6.07, 6.45) is 1.76. The SMILES string of the molecule is CCOC(=O)C1(NC)CCSCC1. The van der Waals surface area contributed by atoms with Crippen molar-refractivity contribution in [1.82, 2.24) is 5.32 Å². The molecule has 0 bridgehead atoms. The quantitative estimate of drug-likeness (QED) is 0.695. The molecule has 0 atom stereocenters. The maximum Gasteiger partial charge on any atom is 0.326 e. The fourth-order valence-corrected chi connectivity index (χ4v) is 2.74. The third kappa shape index (κ3) is 2.38. The summed E-state index contributed by atoms with van der Waals surface area (Å²) in [6.45, 7) is 2.31. The maximum absolute atomic E-state index is 11.7. The van der Waals surface area contributed by atoms with E-state index in [1.807, 2.05) is 25.7 Å². The Bertz CT molecular complexity index is 178. The van der Waals surface area contributed by atoms with Gasteiger partial charge in [-0.25, -0.2) is 0 Å². The minimum absolute atomic E-state index is 0.0854. The Morgan fingerprint density at radius 2 is 2.15 bits per heavy atom. The van der Waals surface area contributed by atoms with E-state index >= 15 is 0 Å². The molecule has 0 saturated carbocycles. The first-order valence-corrected chi connectivity index (χ1v) is 5.84. The number of hydrogen-bond donors (Lipinski definition) is 1. The topological polar surface area (TPSA) is 38.3 Å². The van der Waals surface area contributed by atoms with Crippen LogP contribution < -0.4 is 5.32 Å². The lowest BCUT2D eigenvalue weighted by Gasteiger charge is -2.34. The van der Waals surface area contributed by atoms with Gasteiger partial charge in [0.1, 0.15) is 5.54 Å². The van der Waals surface area contributed by atoms with Crippen LogP contribution in [0.1, 0.15) is 19.8 Å². The van der Waals surface area contributed by atoms with Crippen LogP contribution in [0.15, 0.2) is 0 Å². The minimum Gasteiger partial charge on any atom is -0.465 e. The number of nitrogens with one attached hydrogen (secondary N) is 1. The molecule has 0 unspecified atom stereocenters. The number of carbonyl (C=O) groups excluding carboxylic acids is 1. The Labute approximate surface area is 83.6 Å². The van der Waals surface area contributed by atoms with Crippen LogP contribution >= 0.6 is 11.8 Å². The number of thioether (sulfide) groups is 1. The van der Waals surface area contributed by atoms with Crippen molar-refractivity contribution >= 4 is 17.7 Å². The van der Waals surface area contributed by atoms with E-state index in [1.54, 1.807) is 0 Å². The van der Waals surface area contributed by atoms with E-state index in [9.17, 15) is 4.79 Å². The van der Waals surface area contributed by atoms with E-state index in [-0.39, 0.29) is 5.97 Å². The van der Waals surface area contributed by atoms with Gasteiger partial charge in [-0.05, 0) is 38.3 Å². The molecule has 76 valence electrons. The third-order valence-electron chi connectivity index (χ3n) is 2.49. The number of esters is 1. The minimum atomic E-state index is -0.402. The van der Waals surface area contributed by atoms with Crippen molar-refractivity contribution in [2.45, 2.75) is 25.3 Å². The lowest BCUT2D eigenvalue weighted by atomic mass is 9.93. The smallest absolute Gasteiger partial charge is 0.326 e. The molecule has 1 heterocycles. The third-order valence-corrected chi connectivity index (χ3v) is 3.48. The zero-order chi connectivity index (χ0) is 9.73. The first-order valence-electron chi connectivity index (χ1n) is 4.69. The van der Waals surface area contributed by atoms with Crippen molar-refractivity contribution in [1.29, 1.82) is 0 Å². The molecule has 13 heavy (non-hydrogen) atoms. The second-order valence-electron chi connectivity index (χ2n) is 3.16. The van der Waals surface area contributed by atoms with Gasteiger partial charge in [-0.15, -0.1) is 0 Å². The predicted octanol–water partition coefficient (Wildman–Crippen LogP) is 1.03. The molecular weight excluding hydrogens is 186 g/mol. The molecule has 1 aliphatic rings. The Morgan fingerprint density at radius 3 is 2.62 bits per heavy atom. The summed E-state index contributed by atoms with van der Waals surface area (Å²) in [7, 11) is 1.84. The Kier molecular flexibility index (Phi) is 4.06. The van der Waals surface area contributed by atoms with Gasteiger partial charge < -0.3 is 10.1 Å². The summed E-state index contributed by atoms with van der Waals surface area (Å²) in [5, 5.41) is 3.11. The van der Waals surface area contributed by atoms with Crippen molar-refractivity contribution in [2.75, 3.05) is 25.2 Å². The van der Waals surface area contributed by atoms with Gasteiger partial charge in [0.25, 0.3) is 0 Å². The van der Waals surface area contributed by atoms with Gasteiger partial charge >= 0.3 is 5.97 Å². The van der Waals surface area contributed by atoms with Crippen LogP contribution in [0.2, 0.25) is 0 Å². The van der Waals surface area contributed by atoms with Crippen LogP contribution in [-0.4, -0.2) is 36.7 Å². The lowest BCUT2D eigenvalue weighted by molar-refractivity contribution is -0.151. The molecule has 4 heteroatoms. The molecule has 1 fully saturated rings. The van der Waals surface area contributed by atoms with E-state index in [0.717, 1.165) is 24.3 Å². The molecule has 0 aliphatic carbocycles. The summed E-state index contributed by atoms with van der Waals surface area (Å²) < 4.78 is 5.06. The molecule has 0 aromatic carbocycles. The molecule has 0 radical (unpaired) electrons. The van der Waals surface area contributed by atoms with Crippen molar-refractivity contribution in [2.24, 2.45) is 0 Å². The van der Waals surface area contributed by atoms with Crippen LogP contribution in [0, 0.1) is 0 Å². The Hall–Kier alpha value is -0.220. The summed E-state index contributed by atoms with van der Waals surface area (Å²) in [5.74, 6) is 2.00. The Balaban J connectivity index is 2.61. The number of hydrogen-bond acceptors (Lipinski definition) is 4. The van der Waals surface area contributed by atoms with Crippen molar-refractivity contribution in [3.63, 3.8) is 0 Å². The van der Waals surface area contributed by atoms with E-state index in [4.69, 9.17) is 4.74 Å². The second kappa shape index (κ2) is 4.86. The molecule has 0 amide bonds. The first-order chi connectivity index (χ1) is 6.25. The number of carbonyl (C=O) groups is 1. The van der Waals surface area contributed by atoms with Crippen molar-refractivity contribution < 1.29 is 9.53 Å². The highest BCUT2D eigenvalue weighted by atomic mass is 32.2. The van der Waals surface area contributed by atoms with E-state index < -0.39 is 5.54 Å². The monoisotopic (exact) mass is 203 g/mol. The largest absolute Gasteiger partial charge is 0.465 e. The average molecular weight is 203 g/mol. The molecule has 1 aliphatic heterocycles. The standard InChI is InChI=1S/C9H17NO2S/c1-3-12-8(11)9(10-2)4-6-13-7-5-9/h10H,3-7H2,1-2H3. The molecule has 1 rings (SSSR count).